The highest BCUT2D eigenvalue weighted by atomic mass is 35.5. The van der Waals surface area contributed by atoms with Gasteiger partial charge in [0.05, 0.1) is 17.4 Å². The van der Waals surface area contributed by atoms with Gasteiger partial charge in [-0.15, -0.1) is 5.10 Å². The smallest absolute Gasteiger partial charge is 0.410 e. The average molecular weight is 404 g/mol. The second kappa shape index (κ2) is 7.83. The molecule has 1 unspecified atom stereocenters. The second-order valence-corrected chi connectivity index (χ2v) is 8.36. The van der Waals surface area contributed by atoms with Gasteiger partial charge in [0.15, 0.2) is 5.15 Å². The van der Waals surface area contributed by atoms with Crippen molar-refractivity contribution in [3.8, 4) is 0 Å². The minimum Gasteiger partial charge on any atom is -0.444 e. The Kier molecular flexibility index (Phi) is 5.86. The fourth-order valence-electron chi connectivity index (χ4n) is 3.72. The van der Waals surface area contributed by atoms with Crippen LogP contribution in [-0.2, 0) is 9.47 Å². The van der Waals surface area contributed by atoms with Gasteiger partial charge in [0, 0.05) is 31.5 Å². The molecule has 3 atom stereocenters. The summed E-state index contributed by atoms with van der Waals surface area (Å²) in [5.41, 5.74) is -0.423. The van der Waals surface area contributed by atoms with Crippen LogP contribution in [0.3, 0.4) is 0 Å². The highest BCUT2D eigenvalue weighted by Gasteiger charge is 2.42. The van der Waals surface area contributed by atoms with E-state index in [1.807, 2.05) is 20.8 Å². The maximum Gasteiger partial charge on any atom is 0.410 e. The van der Waals surface area contributed by atoms with Crippen LogP contribution in [0.2, 0.25) is 5.15 Å². The first-order valence-corrected chi connectivity index (χ1v) is 9.44. The van der Waals surface area contributed by atoms with Crippen LogP contribution < -0.4 is 0 Å². The van der Waals surface area contributed by atoms with Crippen LogP contribution in [0.5, 0.6) is 0 Å². The van der Waals surface area contributed by atoms with Crippen molar-refractivity contribution in [3.63, 3.8) is 0 Å². The molecule has 1 amide bonds. The molecule has 150 valence electrons. The molecule has 0 aliphatic carbocycles. The lowest BCUT2D eigenvalue weighted by Crippen LogP contribution is -2.52. The van der Waals surface area contributed by atoms with Crippen LogP contribution in [0.25, 0.3) is 0 Å². The number of amides is 1. The molecule has 0 aromatic carbocycles. The van der Waals surface area contributed by atoms with E-state index in [2.05, 4.69) is 10.2 Å². The van der Waals surface area contributed by atoms with Gasteiger partial charge in [-0.25, -0.2) is 13.6 Å². The molecule has 2 aliphatic heterocycles. The van der Waals surface area contributed by atoms with Crippen LogP contribution in [0.4, 0.5) is 13.6 Å². The number of rotatable bonds is 2. The van der Waals surface area contributed by atoms with E-state index < -0.39 is 12.0 Å². The molecule has 3 heterocycles. The van der Waals surface area contributed by atoms with Gasteiger partial charge in [-0.3, -0.25) is 0 Å². The number of likely N-dealkylation sites (tertiary alicyclic amines) is 1. The highest BCUT2D eigenvalue weighted by Crippen LogP contribution is 2.40. The number of ether oxygens (including phenoxy) is 2. The SMILES string of the molecule is CC(C)(C)OC(=O)N1CC[C@@H]2OCCC(c3cc(C(F)F)c(Cl)nn3)[C@@H]2C1. The molecule has 0 bridgehead atoms. The summed E-state index contributed by atoms with van der Waals surface area (Å²) in [7, 11) is 0. The standard InChI is InChI=1S/C18H24ClF2N3O3/c1-18(2,3)27-17(25)24-6-4-14-12(9-24)10(5-7-26-14)13-8-11(16(20)21)15(19)23-22-13/h8,10,12,14,16H,4-7,9H2,1-3H3/t10?,12-,14-/m0/s1. The van der Waals surface area contributed by atoms with Crippen molar-refractivity contribution in [1.82, 2.24) is 15.1 Å². The normalized spacial score (nSPS) is 26.0. The number of hydrogen-bond donors (Lipinski definition) is 0. The van der Waals surface area contributed by atoms with E-state index in [9.17, 15) is 13.6 Å². The predicted octanol–water partition coefficient (Wildman–Crippen LogP) is 4.20. The number of carbonyl (C=O) groups is 1. The number of alkyl halides is 2. The summed E-state index contributed by atoms with van der Waals surface area (Å²) in [6, 6.07) is 1.33. The molecule has 9 heteroatoms. The number of aromatic nitrogens is 2. The molecular formula is C18H24ClF2N3O3. The van der Waals surface area contributed by atoms with Crippen LogP contribution in [0.15, 0.2) is 6.07 Å². The molecule has 0 saturated carbocycles. The third kappa shape index (κ3) is 4.66. The van der Waals surface area contributed by atoms with Gasteiger partial charge < -0.3 is 14.4 Å². The topological polar surface area (TPSA) is 64.5 Å². The van der Waals surface area contributed by atoms with Crippen molar-refractivity contribution in [2.45, 2.75) is 57.7 Å². The first kappa shape index (κ1) is 20.2. The molecule has 27 heavy (non-hydrogen) atoms. The lowest BCUT2D eigenvalue weighted by molar-refractivity contribution is -0.0790. The van der Waals surface area contributed by atoms with E-state index in [-0.39, 0.29) is 34.7 Å². The molecule has 1 aromatic heterocycles. The summed E-state index contributed by atoms with van der Waals surface area (Å²) >= 11 is 5.75. The molecule has 0 radical (unpaired) electrons. The minimum atomic E-state index is -2.72. The summed E-state index contributed by atoms with van der Waals surface area (Å²) in [4.78, 5) is 14.1. The van der Waals surface area contributed by atoms with Crippen LogP contribution >= 0.6 is 11.6 Å². The van der Waals surface area contributed by atoms with Crippen molar-refractivity contribution in [2.24, 2.45) is 5.92 Å². The van der Waals surface area contributed by atoms with Crippen LogP contribution in [-0.4, -0.2) is 52.6 Å². The Labute approximate surface area is 162 Å². The first-order valence-electron chi connectivity index (χ1n) is 9.06. The van der Waals surface area contributed by atoms with Gasteiger partial charge >= 0.3 is 6.09 Å². The molecule has 1 aromatic rings. The van der Waals surface area contributed by atoms with Gasteiger partial charge in [0.1, 0.15) is 5.60 Å². The van der Waals surface area contributed by atoms with Crippen molar-refractivity contribution in [1.29, 1.82) is 0 Å². The Bertz CT molecular complexity index is 699. The second-order valence-electron chi connectivity index (χ2n) is 8.00. The van der Waals surface area contributed by atoms with E-state index >= 15 is 0 Å². The monoisotopic (exact) mass is 403 g/mol. The van der Waals surface area contributed by atoms with Crippen LogP contribution in [0.1, 0.15) is 57.2 Å². The third-order valence-corrected chi connectivity index (χ3v) is 5.23. The minimum absolute atomic E-state index is 0.0464. The Balaban J connectivity index is 1.81. The molecule has 2 aliphatic rings. The van der Waals surface area contributed by atoms with Gasteiger partial charge in [-0.1, -0.05) is 11.6 Å². The van der Waals surface area contributed by atoms with Crippen molar-refractivity contribution in [3.05, 3.63) is 22.5 Å². The van der Waals surface area contributed by atoms with Crippen molar-refractivity contribution in [2.75, 3.05) is 19.7 Å². The number of hydrogen-bond acceptors (Lipinski definition) is 5. The summed E-state index contributed by atoms with van der Waals surface area (Å²) in [5, 5.41) is 7.48. The number of piperidine rings is 1. The number of carbonyl (C=O) groups excluding carboxylic acids is 1. The fraction of sp³-hybridized carbons (Fsp3) is 0.722. The summed E-state index contributed by atoms with van der Waals surface area (Å²) in [6.45, 7) is 6.95. The largest absolute Gasteiger partial charge is 0.444 e. The number of nitrogens with zero attached hydrogens (tertiary/aromatic N) is 3. The number of fused-ring (bicyclic) bond motifs is 1. The summed E-state index contributed by atoms with van der Waals surface area (Å²) in [5.74, 6) is -0.183. The zero-order valence-corrected chi connectivity index (χ0v) is 16.4. The Morgan fingerprint density at radius 2 is 2.11 bits per heavy atom. The molecule has 3 rings (SSSR count). The van der Waals surface area contributed by atoms with Gasteiger partial charge in [-0.05, 0) is 39.7 Å². The Hall–Kier alpha value is -1.54. The van der Waals surface area contributed by atoms with E-state index in [0.717, 1.165) is 0 Å². The molecule has 0 spiro atoms. The first-order chi connectivity index (χ1) is 12.7. The van der Waals surface area contributed by atoms with E-state index in [1.54, 1.807) is 4.90 Å². The summed E-state index contributed by atoms with van der Waals surface area (Å²) < 4.78 is 37.7. The molecule has 2 saturated heterocycles. The lowest BCUT2D eigenvalue weighted by Gasteiger charge is -2.44. The molecule has 2 fully saturated rings. The molecule has 0 N–H and O–H groups in total. The third-order valence-electron chi connectivity index (χ3n) is 4.93. The van der Waals surface area contributed by atoms with Gasteiger partial charge in [-0.2, -0.15) is 5.10 Å². The highest BCUT2D eigenvalue weighted by molar-refractivity contribution is 6.30. The van der Waals surface area contributed by atoms with E-state index in [1.165, 1.54) is 6.07 Å². The maximum atomic E-state index is 13.2. The number of halogens is 3. The average Bonchev–Trinajstić information content (AvgIpc) is 2.59. The molecular weight excluding hydrogens is 380 g/mol. The zero-order chi connectivity index (χ0) is 19.8. The maximum absolute atomic E-state index is 13.2. The molecule has 6 nitrogen and oxygen atoms in total. The van der Waals surface area contributed by atoms with Crippen LogP contribution in [0, 0.1) is 5.92 Å². The van der Waals surface area contributed by atoms with Gasteiger partial charge in [0.2, 0.25) is 0 Å². The van der Waals surface area contributed by atoms with E-state index in [4.69, 9.17) is 21.1 Å². The Morgan fingerprint density at radius 3 is 2.78 bits per heavy atom. The lowest BCUT2D eigenvalue weighted by atomic mass is 9.77. The summed E-state index contributed by atoms with van der Waals surface area (Å²) in [6.07, 6.45) is -1.84. The quantitative estimate of drug-likeness (QED) is 0.740. The Morgan fingerprint density at radius 1 is 1.37 bits per heavy atom. The van der Waals surface area contributed by atoms with Crippen molar-refractivity contribution < 1.29 is 23.0 Å². The zero-order valence-electron chi connectivity index (χ0n) is 15.6. The predicted molar refractivity (Wildman–Crippen MR) is 95.0 cm³/mol. The fourth-order valence-corrected chi connectivity index (χ4v) is 3.89. The van der Waals surface area contributed by atoms with Gasteiger partial charge in [0.25, 0.3) is 6.43 Å². The van der Waals surface area contributed by atoms with Crippen molar-refractivity contribution >= 4 is 17.7 Å². The van der Waals surface area contributed by atoms with E-state index in [0.29, 0.717) is 38.2 Å².